The quantitative estimate of drug-likeness (QED) is 0.940. The van der Waals surface area contributed by atoms with Crippen molar-refractivity contribution in [3.05, 3.63) is 47.1 Å². The fraction of sp³-hybridized carbons (Fsp3) is 0.357. The molecule has 1 atom stereocenters. The van der Waals surface area contributed by atoms with Gasteiger partial charge in [0.15, 0.2) is 6.39 Å². The van der Waals surface area contributed by atoms with Crippen LogP contribution in [0.1, 0.15) is 12.1 Å². The summed E-state index contributed by atoms with van der Waals surface area (Å²) in [6.07, 6.45) is 4.31. The molecule has 1 aromatic heterocycles. The van der Waals surface area contributed by atoms with Crippen LogP contribution in [0.5, 0.6) is 0 Å². The Bertz CT molecular complexity index is 529. The van der Waals surface area contributed by atoms with Crippen molar-refractivity contribution in [3.63, 3.8) is 0 Å². The van der Waals surface area contributed by atoms with Crippen LogP contribution in [-0.4, -0.2) is 24.1 Å². The van der Waals surface area contributed by atoms with Crippen molar-refractivity contribution in [2.45, 2.75) is 19.0 Å². The number of rotatable bonds is 4. The Morgan fingerprint density at radius 2 is 2.32 bits per heavy atom. The molecular weight excluding hydrogens is 306 g/mol. The van der Waals surface area contributed by atoms with Gasteiger partial charge in [-0.1, -0.05) is 12.1 Å². The number of nitrogens with zero attached hydrogens (tertiary/aromatic N) is 2. The number of benzene rings is 1. The van der Waals surface area contributed by atoms with Gasteiger partial charge >= 0.3 is 0 Å². The van der Waals surface area contributed by atoms with Crippen molar-refractivity contribution >= 4 is 21.6 Å². The second kappa shape index (κ2) is 5.75. The lowest BCUT2D eigenvalue weighted by Gasteiger charge is -2.20. The Hall–Kier alpha value is -1.33. The molecule has 2 aromatic rings. The Labute approximate surface area is 120 Å². The molecule has 0 saturated carbocycles. The van der Waals surface area contributed by atoms with Gasteiger partial charge in [0, 0.05) is 30.1 Å². The molecule has 3 rings (SSSR count). The van der Waals surface area contributed by atoms with Gasteiger partial charge in [0.05, 0.1) is 11.4 Å². The van der Waals surface area contributed by atoms with Crippen LogP contribution in [0.25, 0.3) is 0 Å². The van der Waals surface area contributed by atoms with Crippen molar-refractivity contribution in [2.24, 2.45) is 0 Å². The third-order valence-corrected chi connectivity index (χ3v) is 4.11. The predicted molar refractivity (Wildman–Crippen MR) is 78.1 cm³/mol. The van der Waals surface area contributed by atoms with Gasteiger partial charge < -0.3 is 14.6 Å². The minimum atomic E-state index is 0.504. The highest BCUT2D eigenvalue weighted by Gasteiger charge is 2.23. The molecule has 0 amide bonds. The SMILES string of the molecule is Brc1ccccc1N1CCC(NCc2cocn2)C1. The first-order valence-electron chi connectivity index (χ1n) is 6.43. The summed E-state index contributed by atoms with van der Waals surface area (Å²) < 4.78 is 6.13. The second-order valence-electron chi connectivity index (χ2n) is 4.74. The molecule has 0 radical (unpaired) electrons. The summed E-state index contributed by atoms with van der Waals surface area (Å²) >= 11 is 3.61. The van der Waals surface area contributed by atoms with Gasteiger partial charge in [-0.15, -0.1) is 0 Å². The van der Waals surface area contributed by atoms with E-state index in [1.807, 2.05) is 6.07 Å². The van der Waals surface area contributed by atoms with Crippen LogP contribution in [0.2, 0.25) is 0 Å². The van der Waals surface area contributed by atoms with E-state index in [1.54, 1.807) is 6.26 Å². The molecular formula is C14H16BrN3O. The Morgan fingerprint density at radius 1 is 1.42 bits per heavy atom. The zero-order chi connectivity index (χ0) is 13.1. The lowest BCUT2D eigenvalue weighted by atomic mass is 10.2. The molecule has 0 bridgehead atoms. The molecule has 1 aliphatic rings. The molecule has 0 spiro atoms. The maximum absolute atomic E-state index is 4.97. The van der Waals surface area contributed by atoms with Gasteiger partial charge in [0.1, 0.15) is 6.26 Å². The summed E-state index contributed by atoms with van der Waals surface area (Å²) in [6.45, 7) is 2.88. The van der Waals surface area contributed by atoms with Gasteiger partial charge in [0.25, 0.3) is 0 Å². The second-order valence-corrected chi connectivity index (χ2v) is 5.60. The van der Waals surface area contributed by atoms with Gasteiger partial charge in [-0.3, -0.25) is 0 Å². The highest BCUT2D eigenvalue weighted by Crippen LogP contribution is 2.28. The minimum absolute atomic E-state index is 0.504. The number of para-hydroxylation sites is 1. The molecule has 1 saturated heterocycles. The summed E-state index contributed by atoms with van der Waals surface area (Å²) in [7, 11) is 0. The third kappa shape index (κ3) is 2.98. The monoisotopic (exact) mass is 321 g/mol. The number of anilines is 1. The number of oxazole rings is 1. The summed E-state index contributed by atoms with van der Waals surface area (Å²) in [5.41, 5.74) is 2.23. The number of hydrogen-bond donors (Lipinski definition) is 1. The number of halogens is 1. The van der Waals surface area contributed by atoms with Gasteiger partial charge in [0.2, 0.25) is 0 Å². The first-order valence-corrected chi connectivity index (χ1v) is 7.22. The van der Waals surface area contributed by atoms with E-state index in [-0.39, 0.29) is 0 Å². The fourth-order valence-electron chi connectivity index (χ4n) is 2.43. The highest BCUT2D eigenvalue weighted by molar-refractivity contribution is 9.10. The zero-order valence-corrected chi connectivity index (χ0v) is 12.1. The van der Waals surface area contributed by atoms with Crippen LogP contribution < -0.4 is 10.2 Å². The molecule has 1 unspecified atom stereocenters. The molecule has 1 aromatic carbocycles. The van der Waals surface area contributed by atoms with E-state index in [2.05, 4.69) is 49.3 Å². The first kappa shape index (κ1) is 12.7. The van der Waals surface area contributed by atoms with Crippen LogP contribution in [0.15, 0.2) is 45.8 Å². The van der Waals surface area contributed by atoms with Crippen molar-refractivity contribution < 1.29 is 4.42 Å². The van der Waals surface area contributed by atoms with E-state index in [0.29, 0.717) is 6.04 Å². The summed E-state index contributed by atoms with van der Waals surface area (Å²) in [6, 6.07) is 8.87. The van der Waals surface area contributed by atoms with E-state index < -0.39 is 0 Å². The summed E-state index contributed by atoms with van der Waals surface area (Å²) in [5.74, 6) is 0. The number of nitrogens with one attached hydrogen (secondary N) is 1. The standard InChI is InChI=1S/C14H16BrN3O/c15-13-3-1-2-4-14(13)18-6-5-11(8-18)16-7-12-9-19-10-17-12/h1-4,9-11,16H,5-8H2. The summed E-state index contributed by atoms with van der Waals surface area (Å²) in [5, 5.41) is 3.52. The van der Waals surface area contributed by atoms with Gasteiger partial charge in [-0.2, -0.15) is 0 Å². The third-order valence-electron chi connectivity index (χ3n) is 3.44. The van der Waals surface area contributed by atoms with E-state index >= 15 is 0 Å². The van der Waals surface area contributed by atoms with Gasteiger partial charge in [-0.25, -0.2) is 4.98 Å². The zero-order valence-electron chi connectivity index (χ0n) is 10.6. The lowest BCUT2D eigenvalue weighted by molar-refractivity contribution is 0.536. The minimum Gasteiger partial charge on any atom is -0.451 e. The Kier molecular flexibility index (Phi) is 3.84. The maximum Gasteiger partial charge on any atom is 0.180 e. The van der Waals surface area contributed by atoms with E-state index in [4.69, 9.17) is 4.42 Å². The lowest BCUT2D eigenvalue weighted by Crippen LogP contribution is -2.32. The van der Waals surface area contributed by atoms with Crippen molar-refractivity contribution in [1.82, 2.24) is 10.3 Å². The normalized spacial score (nSPS) is 19.0. The topological polar surface area (TPSA) is 41.3 Å². The molecule has 1 aliphatic heterocycles. The molecule has 100 valence electrons. The van der Waals surface area contributed by atoms with Crippen LogP contribution in [0.3, 0.4) is 0 Å². The predicted octanol–water partition coefficient (Wildman–Crippen LogP) is 2.81. The smallest absolute Gasteiger partial charge is 0.180 e. The van der Waals surface area contributed by atoms with Gasteiger partial charge in [-0.05, 0) is 34.5 Å². The molecule has 1 N–H and O–H groups in total. The van der Waals surface area contributed by atoms with E-state index in [1.165, 1.54) is 12.1 Å². The fourth-order valence-corrected chi connectivity index (χ4v) is 2.96. The van der Waals surface area contributed by atoms with Crippen molar-refractivity contribution in [1.29, 1.82) is 0 Å². The van der Waals surface area contributed by atoms with Crippen molar-refractivity contribution in [3.8, 4) is 0 Å². The first-order chi connectivity index (χ1) is 9.33. The van der Waals surface area contributed by atoms with Crippen LogP contribution in [0, 0.1) is 0 Å². The average Bonchev–Trinajstić information content (AvgIpc) is 3.08. The molecule has 19 heavy (non-hydrogen) atoms. The largest absolute Gasteiger partial charge is 0.451 e. The molecule has 1 fully saturated rings. The number of aromatic nitrogens is 1. The number of hydrogen-bond acceptors (Lipinski definition) is 4. The van der Waals surface area contributed by atoms with Crippen LogP contribution in [-0.2, 0) is 6.54 Å². The molecule has 5 heteroatoms. The molecule has 2 heterocycles. The summed E-state index contributed by atoms with van der Waals surface area (Å²) in [4.78, 5) is 6.53. The highest BCUT2D eigenvalue weighted by atomic mass is 79.9. The Balaban J connectivity index is 1.57. The van der Waals surface area contributed by atoms with Crippen LogP contribution >= 0.6 is 15.9 Å². The molecule has 0 aliphatic carbocycles. The van der Waals surface area contributed by atoms with E-state index in [0.717, 1.165) is 36.2 Å². The van der Waals surface area contributed by atoms with Crippen LogP contribution in [0.4, 0.5) is 5.69 Å². The Morgan fingerprint density at radius 3 is 3.11 bits per heavy atom. The average molecular weight is 322 g/mol. The molecule has 4 nitrogen and oxygen atoms in total. The maximum atomic E-state index is 4.97. The van der Waals surface area contributed by atoms with Crippen molar-refractivity contribution in [2.75, 3.05) is 18.0 Å². The van der Waals surface area contributed by atoms with E-state index in [9.17, 15) is 0 Å².